The standard InChI is InChI=1S/C16H20O2/c1-2-3-9-14-11-7-8-12-15(14)10-5-4-6-13-16(17)18/h2-3,5,7-8,10-12H,4,6,9,13H2,1H3,(H,17,18)/b3-2?,10-5+. The molecule has 0 amide bonds. The van der Waals surface area contributed by atoms with Gasteiger partial charge in [0.05, 0.1) is 0 Å². The number of carbonyl (C=O) groups is 1. The van der Waals surface area contributed by atoms with Crippen LogP contribution in [-0.4, -0.2) is 11.1 Å². The van der Waals surface area contributed by atoms with Crippen molar-refractivity contribution in [1.82, 2.24) is 0 Å². The minimum atomic E-state index is -0.725. The van der Waals surface area contributed by atoms with E-state index in [0.717, 1.165) is 12.8 Å². The minimum Gasteiger partial charge on any atom is -0.481 e. The van der Waals surface area contributed by atoms with Gasteiger partial charge in [0.15, 0.2) is 0 Å². The first-order chi connectivity index (χ1) is 8.74. The fraction of sp³-hybridized carbons (Fsp3) is 0.312. The van der Waals surface area contributed by atoms with Gasteiger partial charge in [-0.05, 0) is 37.3 Å². The summed E-state index contributed by atoms with van der Waals surface area (Å²) in [4.78, 5) is 10.4. The molecule has 1 rings (SSSR count). The summed E-state index contributed by atoms with van der Waals surface area (Å²) in [6, 6.07) is 8.28. The van der Waals surface area contributed by atoms with Gasteiger partial charge >= 0.3 is 5.97 Å². The van der Waals surface area contributed by atoms with Crippen molar-refractivity contribution in [2.75, 3.05) is 0 Å². The Morgan fingerprint density at radius 3 is 2.78 bits per heavy atom. The van der Waals surface area contributed by atoms with Crippen molar-refractivity contribution in [3.8, 4) is 0 Å². The van der Waals surface area contributed by atoms with Crippen molar-refractivity contribution in [1.29, 1.82) is 0 Å². The number of allylic oxidation sites excluding steroid dienone is 3. The second-order valence-corrected chi connectivity index (χ2v) is 4.16. The molecule has 0 aromatic heterocycles. The number of unbranched alkanes of at least 4 members (excludes halogenated alkanes) is 1. The Kier molecular flexibility index (Phi) is 6.55. The molecule has 0 bridgehead atoms. The number of benzene rings is 1. The fourth-order valence-electron chi connectivity index (χ4n) is 1.71. The number of carboxylic acid groups (broad SMARTS) is 1. The minimum absolute atomic E-state index is 0.241. The van der Waals surface area contributed by atoms with Gasteiger partial charge in [-0.1, -0.05) is 48.6 Å². The summed E-state index contributed by atoms with van der Waals surface area (Å²) in [5.41, 5.74) is 2.51. The van der Waals surface area contributed by atoms with Crippen LogP contribution in [0.1, 0.15) is 37.3 Å². The lowest BCUT2D eigenvalue weighted by Crippen LogP contribution is -1.92. The molecule has 0 heterocycles. The van der Waals surface area contributed by atoms with Crippen LogP contribution in [-0.2, 0) is 11.2 Å². The molecule has 0 aliphatic carbocycles. The van der Waals surface area contributed by atoms with Crippen molar-refractivity contribution in [2.45, 2.75) is 32.6 Å². The van der Waals surface area contributed by atoms with Crippen molar-refractivity contribution in [3.05, 3.63) is 53.6 Å². The summed E-state index contributed by atoms with van der Waals surface area (Å²) in [5, 5.41) is 8.54. The quantitative estimate of drug-likeness (QED) is 0.580. The molecule has 2 nitrogen and oxygen atoms in total. The van der Waals surface area contributed by atoms with Crippen LogP contribution in [0.25, 0.3) is 6.08 Å². The first-order valence-corrected chi connectivity index (χ1v) is 6.31. The highest BCUT2D eigenvalue weighted by Gasteiger charge is 1.96. The molecular weight excluding hydrogens is 224 g/mol. The Labute approximate surface area is 109 Å². The van der Waals surface area contributed by atoms with E-state index in [-0.39, 0.29) is 6.42 Å². The Morgan fingerprint density at radius 2 is 2.06 bits per heavy atom. The van der Waals surface area contributed by atoms with E-state index >= 15 is 0 Å². The van der Waals surface area contributed by atoms with E-state index in [1.54, 1.807) is 0 Å². The number of carboxylic acids is 1. The van der Waals surface area contributed by atoms with Crippen molar-refractivity contribution >= 4 is 12.0 Å². The Hall–Kier alpha value is -1.83. The van der Waals surface area contributed by atoms with Crippen LogP contribution in [0.5, 0.6) is 0 Å². The predicted octanol–water partition coefficient (Wildman–Crippen LogP) is 4.07. The largest absolute Gasteiger partial charge is 0.481 e. The number of hydrogen-bond donors (Lipinski definition) is 1. The number of aliphatic carboxylic acids is 1. The zero-order valence-corrected chi connectivity index (χ0v) is 10.8. The predicted molar refractivity (Wildman–Crippen MR) is 75.5 cm³/mol. The van der Waals surface area contributed by atoms with Gasteiger partial charge in [0.2, 0.25) is 0 Å². The van der Waals surface area contributed by atoms with Crippen molar-refractivity contribution in [3.63, 3.8) is 0 Å². The van der Waals surface area contributed by atoms with Crippen molar-refractivity contribution < 1.29 is 9.90 Å². The topological polar surface area (TPSA) is 37.3 Å². The van der Waals surface area contributed by atoms with Crippen molar-refractivity contribution in [2.24, 2.45) is 0 Å². The van der Waals surface area contributed by atoms with Crippen LogP contribution in [0, 0.1) is 0 Å². The van der Waals surface area contributed by atoms with Crippen LogP contribution in [0.4, 0.5) is 0 Å². The van der Waals surface area contributed by atoms with Gasteiger partial charge in [0, 0.05) is 6.42 Å². The lowest BCUT2D eigenvalue weighted by atomic mass is 10.0. The second kappa shape index (κ2) is 8.29. The Balaban J connectivity index is 2.54. The van der Waals surface area contributed by atoms with Gasteiger partial charge in [-0.25, -0.2) is 0 Å². The van der Waals surface area contributed by atoms with Crippen LogP contribution >= 0.6 is 0 Å². The third kappa shape index (κ3) is 5.48. The van der Waals surface area contributed by atoms with E-state index in [1.165, 1.54) is 11.1 Å². The van der Waals surface area contributed by atoms with Gasteiger partial charge in [0.1, 0.15) is 0 Å². The van der Waals surface area contributed by atoms with E-state index in [9.17, 15) is 4.79 Å². The third-order valence-electron chi connectivity index (χ3n) is 2.69. The molecule has 2 heteroatoms. The summed E-state index contributed by atoms with van der Waals surface area (Å²) < 4.78 is 0. The van der Waals surface area contributed by atoms with Gasteiger partial charge in [-0.3, -0.25) is 4.79 Å². The van der Waals surface area contributed by atoms with E-state index in [2.05, 4.69) is 30.4 Å². The molecule has 0 aliphatic rings. The molecule has 18 heavy (non-hydrogen) atoms. The van der Waals surface area contributed by atoms with Crippen LogP contribution in [0.3, 0.4) is 0 Å². The van der Waals surface area contributed by atoms with Gasteiger partial charge in [-0.15, -0.1) is 0 Å². The van der Waals surface area contributed by atoms with Gasteiger partial charge < -0.3 is 5.11 Å². The highest BCUT2D eigenvalue weighted by Crippen LogP contribution is 2.13. The average Bonchev–Trinajstić information content (AvgIpc) is 2.36. The highest BCUT2D eigenvalue weighted by atomic mass is 16.4. The summed E-state index contributed by atoms with van der Waals surface area (Å²) >= 11 is 0. The summed E-state index contributed by atoms with van der Waals surface area (Å²) in [6.07, 6.45) is 11.0. The first kappa shape index (κ1) is 14.2. The molecule has 0 fully saturated rings. The van der Waals surface area contributed by atoms with Crippen LogP contribution in [0.15, 0.2) is 42.5 Å². The second-order valence-electron chi connectivity index (χ2n) is 4.16. The summed E-state index contributed by atoms with van der Waals surface area (Å²) in [5.74, 6) is -0.725. The Bertz CT molecular complexity index is 430. The van der Waals surface area contributed by atoms with Crippen LogP contribution in [0.2, 0.25) is 0 Å². The summed E-state index contributed by atoms with van der Waals surface area (Å²) in [7, 11) is 0. The van der Waals surface area contributed by atoms with E-state index in [1.807, 2.05) is 25.1 Å². The molecule has 1 aromatic carbocycles. The molecule has 0 radical (unpaired) electrons. The lowest BCUT2D eigenvalue weighted by molar-refractivity contribution is -0.137. The molecule has 1 aromatic rings. The summed E-state index contributed by atoms with van der Waals surface area (Å²) in [6.45, 7) is 2.02. The molecule has 0 aliphatic heterocycles. The molecule has 1 N–H and O–H groups in total. The molecule has 0 unspecified atom stereocenters. The monoisotopic (exact) mass is 244 g/mol. The maximum absolute atomic E-state index is 10.4. The van der Waals surface area contributed by atoms with Gasteiger partial charge in [0.25, 0.3) is 0 Å². The normalized spacial score (nSPS) is 11.4. The average molecular weight is 244 g/mol. The maximum Gasteiger partial charge on any atom is 0.303 e. The van der Waals surface area contributed by atoms with E-state index < -0.39 is 5.97 Å². The molecule has 96 valence electrons. The van der Waals surface area contributed by atoms with E-state index in [0.29, 0.717) is 6.42 Å². The lowest BCUT2D eigenvalue weighted by Gasteiger charge is -2.02. The molecular formula is C16H20O2. The highest BCUT2D eigenvalue weighted by molar-refractivity contribution is 5.66. The molecule has 0 saturated heterocycles. The zero-order valence-electron chi connectivity index (χ0n) is 10.8. The maximum atomic E-state index is 10.4. The molecule has 0 spiro atoms. The van der Waals surface area contributed by atoms with E-state index in [4.69, 9.17) is 5.11 Å². The SMILES string of the molecule is CC=CCc1ccccc1/C=C/CCCC(=O)O. The first-order valence-electron chi connectivity index (χ1n) is 6.31. The molecule has 0 atom stereocenters. The van der Waals surface area contributed by atoms with Crippen LogP contribution < -0.4 is 0 Å². The number of hydrogen-bond acceptors (Lipinski definition) is 1. The number of rotatable bonds is 7. The third-order valence-corrected chi connectivity index (χ3v) is 2.69. The molecule has 0 saturated carbocycles. The van der Waals surface area contributed by atoms with Gasteiger partial charge in [-0.2, -0.15) is 0 Å². The smallest absolute Gasteiger partial charge is 0.303 e. The Morgan fingerprint density at radius 1 is 1.28 bits per heavy atom. The zero-order chi connectivity index (χ0) is 13.2. The fourth-order valence-corrected chi connectivity index (χ4v) is 1.71.